The van der Waals surface area contributed by atoms with E-state index in [-0.39, 0.29) is 12.3 Å². The average Bonchev–Trinajstić information content (AvgIpc) is 2.14. The highest BCUT2D eigenvalue weighted by Gasteiger charge is 2.22. The van der Waals surface area contributed by atoms with Crippen LogP contribution in [0.2, 0.25) is 0 Å². The molecule has 15 heavy (non-hydrogen) atoms. The van der Waals surface area contributed by atoms with Gasteiger partial charge in [-0.3, -0.25) is 24.5 Å². The molecule has 1 fully saturated rings. The quantitative estimate of drug-likeness (QED) is 0.261. The molecule has 9 nitrogen and oxygen atoms in total. The Morgan fingerprint density at radius 1 is 0.733 bits per heavy atom. The molecule has 4 N–H and O–H groups in total. The molecule has 9 heteroatoms. The Labute approximate surface area is 80.5 Å². The van der Waals surface area contributed by atoms with Gasteiger partial charge in [0.15, 0.2) is 0 Å². The summed E-state index contributed by atoms with van der Waals surface area (Å²) in [5, 5.41) is 2.27. The van der Waals surface area contributed by atoms with Gasteiger partial charge in [0.05, 0.1) is 6.54 Å². The SMILES string of the molecule is O=C1CNC1=O.O=c1[nH]c(=O)[nH]c(=O)[nH]1. The largest absolute Gasteiger partial charge is 0.342 e. The molecular weight excluding hydrogens is 208 g/mol. The van der Waals surface area contributed by atoms with E-state index in [1.165, 1.54) is 0 Å². The molecule has 1 aromatic heterocycles. The van der Waals surface area contributed by atoms with Crippen molar-refractivity contribution in [1.29, 1.82) is 0 Å². The lowest BCUT2D eigenvalue weighted by atomic mass is 10.2. The van der Waals surface area contributed by atoms with Gasteiger partial charge in [-0.05, 0) is 0 Å². The molecule has 0 aliphatic carbocycles. The summed E-state index contributed by atoms with van der Waals surface area (Å²) < 4.78 is 0. The summed E-state index contributed by atoms with van der Waals surface area (Å²) in [6.45, 7) is 0.235. The van der Waals surface area contributed by atoms with E-state index < -0.39 is 23.0 Å². The van der Waals surface area contributed by atoms with Crippen LogP contribution in [-0.4, -0.2) is 33.2 Å². The maximum absolute atomic E-state index is 10.2. The van der Waals surface area contributed by atoms with Gasteiger partial charge < -0.3 is 5.32 Å². The predicted octanol–water partition coefficient (Wildman–Crippen LogP) is -3.56. The number of hydrogen-bond donors (Lipinski definition) is 4. The summed E-state index contributed by atoms with van der Waals surface area (Å²) in [6, 6.07) is 0. The third kappa shape index (κ3) is 3.06. The predicted molar refractivity (Wildman–Crippen MR) is 46.3 cm³/mol. The van der Waals surface area contributed by atoms with E-state index in [1.54, 1.807) is 15.0 Å². The van der Waals surface area contributed by atoms with E-state index in [0.717, 1.165) is 0 Å². The molecule has 1 aliphatic heterocycles. The van der Waals surface area contributed by atoms with Crippen LogP contribution in [0.5, 0.6) is 0 Å². The van der Waals surface area contributed by atoms with Crippen LogP contribution in [0.3, 0.4) is 0 Å². The van der Waals surface area contributed by atoms with Crippen LogP contribution in [0.25, 0.3) is 0 Å². The summed E-state index contributed by atoms with van der Waals surface area (Å²) >= 11 is 0. The smallest absolute Gasteiger partial charge is 0.330 e. The fraction of sp³-hybridized carbons (Fsp3) is 0.167. The summed E-state index contributed by atoms with van der Waals surface area (Å²) in [5.41, 5.74) is -2.41. The van der Waals surface area contributed by atoms with Crippen molar-refractivity contribution in [2.75, 3.05) is 6.54 Å². The number of rotatable bonds is 0. The van der Waals surface area contributed by atoms with Crippen molar-refractivity contribution in [3.8, 4) is 0 Å². The van der Waals surface area contributed by atoms with Crippen LogP contribution in [0.1, 0.15) is 0 Å². The lowest BCUT2D eigenvalue weighted by Crippen LogP contribution is -2.49. The number of hydrogen-bond acceptors (Lipinski definition) is 5. The summed E-state index contributed by atoms with van der Waals surface area (Å²) in [6.07, 6.45) is 0. The van der Waals surface area contributed by atoms with E-state index in [9.17, 15) is 24.0 Å². The first-order valence-corrected chi connectivity index (χ1v) is 3.73. The third-order valence-electron chi connectivity index (χ3n) is 1.34. The Morgan fingerprint density at radius 2 is 1.07 bits per heavy atom. The van der Waals surface area contributed by atoms with Gasteiger partial charge in [0.1, 0.15) is 0 Å². The van der Waals surface area contributed by atoms with Crippen LogP contribution in [0, 0.1) is 0 Å². The summed E-state index contributed by atoms with van der Waals surface area (Å²) in [7, 11) is 0. The average molecular weight is 214 g/mol. The van der Waals surface area contributed by atoms with Gasteiger partial charge in [0.25, 0.3) is 5.91 Å². The zero-order chi connectivity index (χ0) is 11.4. The number of H-pyrrole nitrogens is 3. The Kier molecular flexibility index (Phi) is 2.96. The molecule has 1 aliphatic rings. The molecule has 0 spiro atoms. The maximum Gasteiger partial charge on any atom is 0.330 e. The van der Waals surface area contributed by atoms with Crippen LogP contribution < -0.4 is 22.4 Å². The number of nitrogens with one attached hydrogen (secondary N) is 4. The number of amides is 1. The lowest BCUT2D eigenvalue weighted by Gasteiger charge is -2.08. The highest BCUT2D eigenvalue weighted by molar-refractivity contribution is 6.43. The number of aromatic nitrogens is 3. The van der Waals surface area contributed by atoms with Gasteiger partial charge in [-0.1, -0.05) is 0 Å². The Balaban J connectivity index is 0.000000162. The van der Waals surface area contributed by atoms with Crippen molar-refractivity contribution in [2.24, 2.45) is 0 Å². The van der Waals surface area contributed by atoms with Gasteiger partial charge in [0.2, 0.25) is 5.78 Å². The summed E-state index contributed by atoms with van der Waals surface area (Å²) in [4.78, 5) is 55.5. The molecule has 0 unspecified atom stereocenters. The minimum atomic E-state index is -0.802. The molecule has 2 rings (SSSR count). The molecule has 0 saturated carbocycles. The molecule has 1 aromatic rings. The first kappa shape index (κ1) is 10.6. The first-order chi connectivity index (χ1) is 6.99. The van der Waals surface area contributed by atoms with Gasteiger partial charge in [0, 0.05) is 0 Å². The fourth-order valence-electron chi connectivity index (χ4n) is 0.636. The van der Waals surface area contributed by atoms with Crippen LogP contribution in [0.4, 0.5) is 0 Å². The van der Waals surface area contributed by atoms with Crippen LogP contribution in [0.15, 0.2) is 14.4 Å². The van der Waals surface area contributed by atoms with Gasteiger partial charge in [-0.15, -0.1) is 0 Å². The molecule has 0 radical (unpaired) electrons. The monoisotopic (exact) mass is 214 g/mol. The molecule has 0 atom stereocenters. The molecule has 1 amide bonds. The van der Waals surface area contributed by atoms with E-state index in [2.05, 4.69) is 5.32 Å². The Hall–Kier alpha value is -2.45. The van der Waals surface area contributed by atoms with Crippen molar-refractivity contribution in [1.82, 2.24) is 20.3 Å². The summed E-state index contributed by atoms with van der Waals surface area (Å²) in [5.74, 6) is -0.759. The van der Waals surface area contributed by atoms with Gasteiger partial charge >= 0.3 is 17.1 Å². The second-order valence-electron chi connectivity index (χ2n) is 2.47. The van der Waals surface area contributed by atoms with Crippen LogP contribution >= 0.6 is 0 Å². The second kappa shape index (κ2) is 4.17. The fourth-order valence-corrected chi connectivity index (χ4v) is 0.636. The number of carbonyl (C=O) groups excluding carboxylic acids is 2. The van der Waals surface area contributed by atoms with E-state index in [0.29, 0.717) is 0 Å². The number of Topliss-reactive ketones (excluding diaryl/α,β-unsaturated/α-hetero) is 1. The molecular formula is C6H6N4O5. The normalized spacial score (nSPS) is 13.3. The van der Waals surface area contributed by atoms with Gasteiger partial charge in [-0.25, -0.2) is 14.4 Å². The highest BCUT2D eigenvalue weighted by Crippen LogP contribution is 1.80. The second-order valence-corrected chi connectivity index (χ2v) is 2.47. The number of β-lactam (4-membered cyclic amide) rings is 1. The molecule has 80 valence electrons. The van der Waals surface area contributed by atoms with Crippen molar-refractivity contribution in [3.63, 3.8) is 0 Å². The Bertz CT molecular complexity index is 457. The van der Waals surface area contributed by atoms with Crippen molar-refractivity contribution < 1.29 is 9.59 Å². The van der Waals surface area contributed by atoms with E-state index in [1.807, 2.05) is 0 Å². The third-order valence-corrected chi connectivity index (χ3v) is 1.34. The molecule has 0 bridgehead atoms. The molecule has 2 heterocycles. The standard InChI is InChI=1S/C3H3N3O3.C3H3NO2/c7-1-4-2(8)6-3(9)5-1;5-2-1-4-3(2)6/h(H3,4,5,6,7,8,9);1H2,(H,4,6). The van der Waals surface area contributed by atoms with Crippen molar-refractivity contribution in [3.05, 3.63) is 31.5 Å². The minimum absolute atomic E-state index is 0.235. The number of aromatic amines is 3. The number of ketones is 1. The topological polar surface area (TPSA) is 145 Å². The van der Waals surface area contributed by atoms with Crippen LogP contribution in [-0.2, 0) is 9.59 Å². The first-order valence-electron chi connectivity index (χ1n) is 3.73. The molecule has 0 aromatic carbocycles. The van der Waals surface area contributed by atoms with E-state index >= 15 is 0 Å². The highest BCUT2D eigenvalue weighted by atomic mass is 16.2. The zero-order valence-electron chi connectivity index (χ0n) is 7.25. The van der Waals surface area contributed by atoms with Gasteiger partial charge in [-0.2, -0.15) is 0 Å². The molecule has 1 saturated heterocycles. The minimum Gasteiger partial charge on any atom is -0.342 e. The zero-order valence-corrected chi connectivity index (χ0v) is 7.25. The van der Waals surface area contributed by atoms with Crippen molar-refractivity contribution >= 4 is 11.7 Å². The lowest BCUT2D eigenvalue weighted by molar-refractivity contribution is -0.143. The maximum atomic E-state index is 10.2. The number of carbonyl (C=O) groups is 2. The van der Waals surface area contributed by atoms with Crippen molar-refractivity contribution in [2.45, 2.75) is 0 Å². The van der Waals surface area contributed by atoms with E-state index in [4.69, 9.17) is 0 Å². The Morgan fingerprint density at radius 3 is 1.20 bits per heavy atom.